The third kappa shape index (κ3) is 22.6. The van der Waals surface area contributed by atoms with Gasteiger partial charge in [-0.1, -0.05) is 0 Å². The number of phosphoric ester groups is 4. The van der Waals surface area contributed by atoms with Gasteiger partial charge in [-0.05, 0) is 6.07 Å². The predicted octanol–water partition coefficient (Wildman–Crippen LogP) is -11.2. The van der Waals surface area contributed by atoms with E-state index < -0.39 is 273 Å². The number of aromatic nitrogens is 16. The molecule has 6 fully saturated rings. The number of phosphoric acid groups is 6. The molecule has 0 saturated carbocycles. The Balaban J connectivity index is 0.000000175. The lowest BCUT2D eigenvalue weighted by atomic mass is 10.1. The number of nitrogens with two attached hydrogens (primary N) is 3. The molecule has 8 aromatic rings. The number of aliphatic hydroxyl groups excluding tert-OH is 12. The van der Waals surface area contributed by atoms with E-state index >= 15 is 0 Å². The molecule has 27 N–H and O–H groups in total. The first-order valence-electron chi connectivity index (χ1n) is 35.7. The minimum atomic E-state index is -6.23. The van der Waals surface area contributed by atoms with Crippen molar-refractivity contribution in [2.75, 3.05) is 56.8 Å². The standard InChI is InChI=1S/C20H25N10O10P.C18H27N5O22P4.C18H23N4O14P/c21-15-9-17(25-3-23-15)29(5-27-9)19-13(33)11(31)7(39-19)1-37-41(35,36)38-2-8-12(32)14(34)20(40-8)30-6-28-10-16(22)24-4-26-18(10)30;19-9-1-3-22(17(29)20-9)15-13(27)11(25)7(41-15)5-39-46(31,32)43-48(35,36)45-49(37,38)44-47(33,34)40-6-8-12(26)14(28)16(42-8)23-4-2-10(24)21-18(23)30;23-9-1-3-21(17(29)19-9)15-13(27)11(25)7(35-15)5-33-37(31,32)34-6-8-12(26)14(28)16(36-8)22-4-2-10(24)20-18(22)30/h3-8,11-14,19-20,31-34H,1-2H2,(H,35,36)(H2,21,23,25)(H2,22,24,26);1-4,7-8,11-16,25-28H,5-6H2,(H,31,32)(H,33,34)(H,35,36)(H,37,38)(H2,19,20,29)(H,21,24,30);1-4,7-8,11-16,25-28H,5-6H2,(H,31,32)(H,19,23,29)(H,20,24,30)/t7-,8?,11-,12-,13-,14-,19-,20-;7?,8-,11-,12-,13-,14-,15-,16-;7-,8?,11-,12-,13-,14-,15-,16-/m111/s1. The Morgan fingerprint density at radius 1 is 0.323 bits per heavy atom. The van der Waals surface area contributed by atoms with Crippen molar-refractivity contribution < 1.29 is 187 Å². The molecule has 71 heteroatoms. The summed E-state index contributed by atoms with van der Waals surface area (Å²) in [6, 6.07) is 3.98. The molecule has 700 valence electrons. The van der Waals surface area contributed by atoms with E-state index in [0.717, 1.165) is 58.2 Å². The molecule has 6 saturated heterocycles. The quantitative estimate of drug-likeness (QED) is 0.0186. The van der Waals surface area contributed by atoms with Crippen molar-refractivity contribution in [3.8, 4) is 0 Å². The van der Waals surface area contributed by atoms with Crippen molar-refractivity contribution in [1.82, 2.24) is 77.2 Å². The number of H-pyrrole nitrogens is 3. The normalized spacial score (nSPS) is 32.4. The maximum absolute atomic E-state index is 12.6. The second-order valence-electron chi connectivity index (χ2n) is 27.4. The maximum Gasteiger partial charge on any atom is 0.490 e. The molecule has 14 heterocycles. The summed E-state index contributed by atoms with van der Waals surface area (Å²) >= 11 is 0. The number of rotatable bonds is 30. The number of hydrogen-bond acceptors (Lipinski definition) is 50. The monoisotopic (exact) mass is 1940 g/mol. The first kappa shape index (κ1) is 97.5. The van der Waals surface area contributed by atoms with Crippen LogP contribution in [0.25, 0.3) is 22.3 Å². The lowest BCUT2D eigenvalue weighted by Gasteiger charge is -2.21. The van der Waals surface area contributed by atoms with Crippen LogP contribution < -0.4 is 56.6 Å². The molecule has 6 aliphatic heterocycles. The SMILES string of the molecule is Nc1ccn([C@@H]2OC(COP(=O)(O)OP(=O)(O)OP(=O)(O)OP(=O)(O)OC[C@H]3O[C@@H](n4ccc(=O)[nH]c4=O)[C@H](O)[C@@H]3O)[C@@H](O)[C@H]2O)c(=O)n1.Nc1ncnc2c1ncn2[C@@H]1O[C@H](COP(=O)(O)OCC2O[C@@H](n3cnc4c(N)ncnc43)[C@H](O)[C@@H]2O)[C@@H](O)[C@H]1O.O=c1ccn([C@@H]2O[C@H](COP(=O)(O)OCC3O[C@@H](n4ccc(=O)[nH]c4=O)[C@H](O)[C@@H]3O)[C@@H](O)[C@H]2O)c(=O)[nH]1. The number of hydrogen-bond donors (Lipinski definition) is 24. The number of ether oxygens (including phenoxy) is 6. The fourth-order valence-corrected chi connectivity index (χ4v) is 19.2. The molecule has 0 bridgehead atoms. The van der Waals surface area contributed by atoms with Gasteiger partial charge in [-0.2, -0.15) is 17.9 Å². The summed E-state index contributed by atoms with van der Waals surface area (Å²) in [6.45, 7) is -5.28. The lowest BCUT2D eigenvalue weighted by Crippen LogP contribution is -2.37. The molecule has 30 atom stereocenters. The van der Waals surface area contributed by atoms with Gasteiger partial charge in [0, 0.05) is 43.0 Å². The van der Waals surface area contributed by atoms with E-state index in [9.17, 15) is 152 Å². The summed E-state index contributed by atoms with van der Waals surface area (Å²) in [6.07, 6.45) is -28.4. The van der Waals surface area contributed by atoms with Crippen molar-refractivity contribution in [1.29, 1.82) is 0 Å². The van der Waals surface area contributed by atoms with Gasteiger partial charge in [0.15, 0.2) is 60.3 Å². The Labute approximate surface area is 699 Å². The van der Waals surface area contributed by atoms with Crippen molar-refractivity contribution >= 4 is 86.7 Å². The molecule has 127 heavy (non-hydrogen) atoms. The highest BCUT2D eigenvalue weighted by Gasteiger charge is 2.54. The molecule has 65 nitrogen and oxygen atoms in total. The van der Waals surface area contributed by atoms with Crippen LogP contribution in [0.5, 0.6) is 0 Å². The smallest absolute Gasteiger partial charge is 0.387 e. The van der Waals surface area contributed by atoms with E-state index in [1.165, 1.54) is 34.4 Å². The average Bonchev–Trinajstić information content (AvgIpc) is 1.61. The van der Waals surface area contributed by atoms with Gasteiger partial charge >= 0.3 is 69.7 Å². The van der Waals surface area contributed by atoms with Crippen molar-refractivity contribution in [3.05, 3.63) is 147 Å². The summed E-state index contributed by atoms with van der Waals surface area (Å²) in [5.41, 5.74) is 11.8. The summed E-state index contributed by atoms with van der Waals surface area (Å²) in [7, 11) is -33.8. The van der Waals surface area contributed by atoms with Crippen molar-refractivity contribution in [2.24, 2.45) is 0 Å². The minimum absolute atomic E-state index is 0.104. The molecule has 6 aliphatic rings. The molecule has 0 amide bonds. The second kappa shape index (κ2) is 38.9. The molecule has 9 unspecified atom stereocenters. The fraction of sp³-hybridized carbons (Fsp3) is 0.536. The molecular formula is C56H75N19O46P6. The van der Waals surface area contributed by atoms with Crippen LogP contribution in [-0.4, -0.2) is 317 Å². The number of fused-ring (bicyclic) bond motifs is 2. The zero-order chi connectivity index (χ0) is 92.8. The first-order valence-corrected chi connectivity index (χ1v) is 44.6. The van der Waals surface area contributed by atoms with Crippen molar-refractivity contribution in [3.63, 3.8) is 0 Å². The highest BCUT2D eigenvalue weighted by Crippen LogP contribution is 2.72. The number of nitrogens with zero attached hydrogens (tertiary/aromatic N) is 13. The van der Waals surface area contributed by atoms with Gasteiger partial charge in [0.1, 0.15) is 139 Å². The zero-order valence-electron chi connectivity index (χ0n) is 63.2. The second-order valence-corrected chi connectivity index (χ2v) is 36.5. The van der Waals surface area contributed by atoms with Gasteiger partial charge in [0.05, 0.1) is 52.3 Å². The van der Waals surface area contributed by atoms with Crippen LogP contribution >= 0.6 is 46.9 Å². The number of anilines is 3. The lowest BCUT2D eigenvalue weighted by molar-refractivity contribution is -0.0641. The minimum Gasteiger partial charge on any atom is -0.387 e. The van der Waals surface area contributed by atoms with E-state index in [-0.39, 0.29) is 39.8 Å². The fourth-order valence-electron chi connectivity index (χ4n) is 12.7. The van der Waals surface area contributed by atoms with Crippen LogP contribution in [0.4, 0.5) is 17.5 Å². The van der Waals surface area contributed by atoms with E-state index in [4.69, 9.17) is 63.7 Å². The number of nitrogens with one attached hydrogen (secondary N) is 3. The Bertz CT molecular complexity index is 5840. The summed E-state index contributed by atoms with van der Waals surface area (Å²) < 4.78 is 151. The van der Waals surface area contributed by atoms with Gasteiger partial charge in [0.25, 0.3) is 16.7 Å². The van der Waals surface area contributed by atoms with Gasteiger partial charge in [-0.15, -0.1) is 0 Å². The van der Waals surface area contributed by atoms with E-state index in [2.05, 4.69) is 56.9 Å². The maximum atomic E-state index is 12.6. The Kier molecular flexibility index (Phi) is 29.9. The van der Waals surface area contributed by atoms with Crippen molar-refractivity contribution in [2.45, 2.75) is 147 Å². The Morgan fingerprint density at radius 2 is 0.567 bits per heavy atom. The van der Waals surface area contributed by atoms with Gasteiger partial charge < -0.3 is 136 Å². The third-order valence-electron chi connectivity index (χ3n) is 18.9. The molecule has 0 aliphatic carbocycles. The third-order valence-corrected chi connectivity index (χ3v) is 26.7. The summed E-state index contributed by atoms with van der Waals surface area (Å²) in [4.78, 5) is 174. The molecule has 14 rings (SSSR count). The molecule has 0 aromatic carbocycles. The Hall–Kier alpha value is -8.52. The highest BCUT2D eigenvalue weighted by molar-refractivity contribution is 7.69. The first-order chi connectivity index (χ1) is 59.4. The van der Waals surface area contributed by atoms with Crippen LogP contribution in [0, 0.1) is 0 Å². The average molecular weight is 1940 g/mol. The predicted molar refractivity (Wildman–Crippen MR) is 400 cm³/mol. The summed E-state index contributed by atoms with van der Waals surface area (Å²) in [5, 5.41) is 124. The summed E-state index contributed by atoms with van der Waals surface area (Å²) in [5.74, 6) is 0.0208. The Morgan fingerprint density at radius 3 is 0.835 bits per heavy atom. The van der Waals surface area contributed by atoms with Crippen LogP contribution in [0.1, 0.15) is 37.4 Å². The van der Waals surface area contributed by atoms with Gasteiger partial charge in [-0.25, -0.2) is 76.5 Å². The van der Waals surface area contributed by atoms with E-state index in [1.54, 1.807) is 0 Å². The van der Waals surface area contributed by atoms with Crippen LogP contribution in [0.15, 0.2) is 108 Å². The highest BCUT2D eigenvalue weighted by atomic mass is 31.3. The largest absolute Gasteiger partial charge is 0.490 e. The topological polar surface area (TPSA) is 970 Å². The van der Waals surface area contributed by atoms with Crippen LogP contribution in [0.3, 0.4) is 0 Å². The number of nitrogen functional groups attached to an aromatic ring is 3. The molecule has 8 aromatic heterocycles. The number of aliphatic hydroxyl groups is 12. The molecule has 0 spiro atoms. The molecule has 0 radical (unpaired) electrons. The number of aromatic amines is 3. The van der Waals surface area contributed by atoms with E-state index in [1.807, 2.05) is 15.0 Å². The van der Waals surface area contributed by atoms with Crippen LogP contribution in [-0.2, 0) is 95.9 Å². The number of imidazole rings is 2. The van der Waals surface area contributed by atoms with Crippen LogP contribution in [0.2, 0.25) is 0 Å². The zero-order valence-corrected chi connectivity index (χ0v) is 68.6. The van der Waals surface area contributed by atoms with E-state index in [0.29, 0.717) is 9.13 Å². The molecular weight excluding hydrogens is 1860 g/mol. The van der Waals surface area contributed by atoms with Gasteiger partial charge in [-0.3, -0.25) is 83.9 Å². The van der Waals surface area contributed by atoms with Gasteiger partial charge in [0.2, 0.25) is 0 Å².